The molecule has 2 fully saturated rings. The molecule has 2 atom stereocenters. The number of benzene rings is 1. The third-order valence-electron chi connectivity index (χ3n) is 6.63. The number of likely N-dealkylation sites (N-methyl/N-ethyl adjacent to an activating group) is 1. The minimum Gasteiger partial charge on any atom is -0.372 e. The van der Waals surface area contributed by atoms with Gasteiger partial charge < -0.3 is 15.1 Å². The summed E-state index contributed by atoms with van der Waals surface area (Å²) in [6.07, 6.45) is 7.79. The highest BCUT2D eigenvalue weighted by Gasteiger charge is 2.29. The molecule has 2 aliphatic rings. The summed E-state index contributed by atoms with van der Waals surface area (Å²) < 4.78 is 0. The monoisotopic (exact) mass is 422 g/mol. The summed E-state index contributed by atoms with van der Waals surface area (Å²) in [6, 6.07) is 12.3. The lowest BCUT2D eigenvalue weighted by Gasteiger charge is -2.31. The molecule has 1 aromatic carbocycles. The Morgan fingerprint density at radius 2 is 1.90 bits per heavy atom. The van der Waals surface area contributed by atoms with Gasteiger partial charge in [0.1, 0.15) is 0 Å². The molecule has 4 rings (SSSR count). The fourth-order valence-electron chi connectivity index (χ4n) is 4.62. The van der Waals surface area contributed by atoms with Crippen LogP contribution in [0.2, 0.25) is 0 Å². The van der Waals surface area contributed by atoms with Crippen molar-refractivity contribution in [3.05, 3.63) is 42.6 Å². The van der Waals surface area contributed by atoms with Gasteiger partial charge >= 0.3 is 0 Å². The summed E-state index contributed by atoms with van der Waals surface area (Å²) >= 11 is 0. The van der Waals surface area contributed by atoms with Crippen molar-refractivity contribution in [1.29, 1.82) is 0 Å². The molecule has 1 amide bonds. The van der Waals surface area contributed by atoms with E-state index >= 15 is 0 Å². The molecule has 166 valence electrons. The summed E-state index contributed by atoms with van der Waals surface area (Å²) in [4.78, 5) is 19.7. The van der Waals surface area contributed by atoms with E-state index in [4.69, 9.17) is 0 Å². The molecular weight excluding hydrogens is 388 g/mol. The molecule has 2 aromatic rings. The summed E-state index contributed by atoms with van der Waals surface area (Å²) in [5.74, 6) is 0.946. The number of hydrogen-bond donors (Lipinski definition) is 1. The second-order valence-electron chi connectivity index (χ2n) is 8.77. The van der Waals surface area contributed by atoms with Gasteiger partial charge in [0.25, 0.3) is 0 Å². The highest BCUT2D eigenvalue weighted by molar-refractivity contribution is 5.94. The molecule has 1 aromatic heterocycles. The average Bonchev–Trinajstić information content (AvgIpc) is 3.28. The van der Waals surface area contributed by atoms with E-state index in [1.54, 1.807) is 6.20 Å². The first-order valence-electron chi connectivity index (χ1n) is 11.5. The number of anilines is 3. The molecule has 0 spiro atoms. The number of nitrogens with one attached hydrogen (secondary N) is 1. The topological polar surface area (TPSA) is 64.6 Å². The SMILES string of the molecule is CC(C(=O)Nc1ccc(N2CCCCC2)cc1)N(C)CC1CCCN1c1cccnn1. The second kappa shape index (κ2) is 10.1. The molecule has 31 heavy (non-hydrogen) atoms. The van der Waals surface area contributed by atoms with Crippen LogP contribution in [-0.2, 0) is 4.79 Å². The van der Waals surface area contributed by atoms with Crippen LogP contribution >= 0.6 is 0 Å². The second-order valence-corrected chi connectivity index (χ2v) is 8.77. The van der Waals surface area contributed by atoms with Crippen molar-refractivity contribution in [3.8, 4) is 0 Å². The lowest BCUT2D eigenvalue weighted by Crippen LogP contribution is -2.46. The van der Waals surface area contributed by atoms with E-state index in [0.29, 0.717) is 6.04 Å². The Kier molecular flexibility index (Phi) is 7.02. The van der Waals surface area contributed by atoms with Gasteiger partial charge in [-0.05, 0) is 82.5 Å². The number of piperidine rings is 1. The van der Waals surface area contributed by atoms with Crippen molar-refractivity contribution in [2.45, 2.75) is 51.1 Å². The molecule has 7 heteroatoms. The van der Waals surface area contributed by atoms with Gasteiger partial charge in [-0.1, -0.05) is 0 Å². The van der Waals surface area contributed by atoms with Gasteiger partial charge in [0, 0.05) is 49.8 Å². The van der Waals surface area contributed by atoms with Gasteiger partial charge in [0.15, 0.2) is 5.82 Å². The fraction of sp³-hybridized carbons (Fsp3) is 0.542. The van der Waals surface area contributed by atoms with Gasteiger partial charge in [-0.2, -0.15) is 5.10 Å². The molecule has 7 nitrogen and oxygen atoms in total. The van der Waals surface area contributed by atoms with Crippen LogP contribution in [0.1, 0.15) is 39.0 Å². The number of carbonyl (C=O) groups excluding carboxylic acids is 1. The summed E-state index contributed by atoms with van der Waals surface area (Å²) in [5, 5.41) is 11.4. The first-order valence-corrected chi connectivity index (χ1v) is 11.5. The van der Waals surface area contributed by atoms with E-state index < -0.39 is 0 Å². The Morgan fingerprint density at radius 3 is 2.61 bits per heavy atom. The number of nitrogens with zero attached hydrogens (tertiary/aromatic N) is 5. The summed E-state index contributed by atoms with van der Waals surface area (Å²) in [6.45, 7) is 6.03. The molecule has 2 unspecified atom stereocenters. The standard InChI is InChI=1S/C24H34N6O/c1-19(28(2)18-22-8-7-17-30(22)23-9-6-14-25-27-23)24(31)26-20-10-12-21(13-11-20)29-15-4-3-5-16-29/h6,9-14,19,22H,3-5,7-8,15-18H2,1-2H3,(H,26,31). The number of amides is 1. The lowest BCUT2D eigenvalue weighted by molar-refractivity contribution is -0.120. The van der Waals surface area contributed by atoms with Crippen LogP contribution in [0.5, 0.6) is 0 Å². The van der Waals surface area contributed by atoms with Gasteiger partial charge in [-0.25, -0.2) is 0 Å². The van der Waals surface area contributed by atoms with E-state index in [-0.39, 0.29) is 11.9 Å². The Labute approximate surface area is 185 Å². The first-order chi connectivity index (χ1) is 15.1. The smallest absolute Gasteiger partial charge is 0.241 e. The Balaban J connectivity index is 1.31. The fourth-order valence-corrected chi connectivity index (χ4v) is 4.62. The zero-order valence-electron chi connectivity index (χ0n) is 18.7. The molecule has 2 aliphatic heterocycles. The van der Waals surface area contributed by atoms with Crippen molar-refractivity contribution in [2.24, 2.45) is 0 Å². The maximum atomic E-state index is 12.9. The van der Waals surface area contributed by atoms with Crippen molar-refractivity contribution in [3.63, 3.8) is 0 Å². The summed E-state index contributed by atoms with van der Waals surface area (Å²) in [5.41, 5.74) is 2.10. The van der Waals surface area contributed by atoms with Crippen molar-refractivity contribution < 1.29 is 4.79 Å². The van der Waals surface area contributed by atoms with Crippen LogP contribution < -0.4 is 15.1 Å². The minimum absolute atomic E-state index is 0.0253. The van der Waals surface area contributed by atoms with Gasteiger partial charge in [0.05, 0.1) is 6.04 Å². The molecule has 0 saturated carbocycles. The zero-order valence-corrected chi connectivity index (χ0v) is 18.7. The maximum absolute atomic E-state index is 12.9. The van der Waals surface area contributed by atoms with Crippen LogP contribution in [0.4, 0.5) is 17.2 Å². The average molecular weight is 423 g/mol. The Bertz CT molecular complexity index is 837. The quantitative estimate of drug-likeness (QED) is 0.738. The van der Waals surface area contributed by atoms with Crippen LogP contribution in [0, 0.1) is 0 Å². The predicted molar refractivity (Wildman–Crippen MR) is 126 cm³/mol. The van der Waals surface area contributed by atoms with Crippen LogP contribution in [0.3, 0.4) is 0 Å². The molecule has 2 saturated heterocycles. The van der Waals surface area contributed by atoms with Gasteiger partial charge in [-0.15, -0.1) is 5.10 Å². The Morgan fingerprint density at radius 1 is 1.13 bits per heavy atom. The van der Waals surface area contributed by atoms with E-state index in [9.17, 15) is 4.79 Å². The van der Waals surface area contributed by atoms with Crippen LogP contribution in [0.25, 0.3) is 0 Å². The summed E-state index contributed by atoms with van der Waals surface area (Å²) in [7, 11) is 2.02. The molecule has 1 N–H and O–H groups in total. The van der Waals surface area contributed by atoms with E-state index in [1.807, 2.05) is 38.2 Å². The highest BCUT2D eigenvalue weighted by atomic mass is 16.2. The van der Waals surface area contributed by atoms with Gasteiger partial charge in [0.2, 0.25) is 5.91 Å². The van der Waals surface area contributed by atoms with Crippen LogP contribution in [0.15, 0.2) is 42.6 Å². The molecule has 0 aliphatic carbocycles. The highest BCUT2D eigenvalue weighted by Crippen LogP contribution is 2.25. The van der Waals surface area contributed by atoms with Crippen molar-refractivity contribution in [2.75, 3.05) is 48.3 Å². The predicted octanol–water partition coefficient (Wildman–Crippen LogP) is 3.39. The van der Waals surface area contributed by atoms with Gasteiger partial charge in [-0.3, -0.25) is 9.69 Å². The van der Waals surface area contributed by atoms with Crippen molar-refractivity contribution >= 4 is 23.1 Å². The minimum atomic E-state index is -0.217. The molecular formula is C24H34N6O. The number of carbonyl (C=O) groups is 1. The Hall–Kier alpha value is -2.67. The third kappa shape index (κ3) is 5.34. The third-order valence-corrected chi connectivity index (χ3v) is 6.63. The largest absolute Gasteiger partial charge is 0.372 e. The molecule has 0 radical (unpaired) electrons. The van der Waals surface area contributed by atoms with E-state index in [2.05, 4.69) is 42.3 Å². The van der Waals surface area contributed by atoms with Crippen molar-refractivity contribution in [1.82, 2.24) is 15.1 Å². The van der Waals surface area contributed by atoms with E-state index in [0.717, 1.165) is 50.5 Å². The lowest BCUT2D eigenvalue weighted by atomic mass is 10.1. The van der Waals surface area contributed by atoms with Crippen LogP contribution in [-0.4, -0.2) is 66.3 Å². The maximum Gasteiger partial charge on any atom is 0.241 e. The first kappa shape index (κ1) is 21.6. The van der Waals surface area contributed by atoms with E-state index in [1.165, 1.54) is 24.9 Å². The number of aromatic nitrogens is 2. The number of rotatable bonds is 7. The zero-order chi connectivity index (χ0) is 21.6. The molecule has 0 bridgehead atoms. The molecule has 3 heterocycles. The normalized spacial score (nSPS) is 20.2. The number of hydrogen-bond acceptors (Lipinski definition) is 6.